The maximum absolute atomic E-state index is 11.0. The van der Waals surface area contributed by atoms with E-state index in [0.717, 1.165) is 40.7 Å². The van der Waals surface area contributed by atoms with E-state index in [1.54, 1.807) is 12.1 Å². The molecule has 4 heteroatoms. The number of carboxylic acids is 1. The number of hydrogen-bond acceptors (Lipinski definition) is 3. The Kier molecular flexibility index (Phi) is 4.98. The zero-order valence-corrected chi connectivity index (χ0v) is 14.5. The number of carboxylic acid groups (broad SMARTS) is 1. The van der Waals surface area contributed by atoms with Gasteiger partial charge < -0.3 is 10.4 Å². The molecule has 0 saturated heterocycles. The minimum absolute atomic E-state index is 0.0974. The van der Waals surface area contributed by atoms with Crippen molar-refractivity contribution in [2.75, 3.05) is 5.32 Å². The first-order chi connectivity index (χ1) is 12.1. The summed E-state index contributed by atoms with van der Waals surface area (Å²) in [5.74, 6) is -0.0296. The summed E-state index contributed by atoms with van der Waals surface area (Å²) in [5, 5.41) is 13.7. The number of fused-ring (bicyclic) bond motifs is 1. The highest BCUT2D eigenvalue weighted by molar-refractivity contribution is 5.87. The number of aromatic carboxylic acids is 1. The second kappa shape index (κ2) is 7.34. The third-order valence-corrected chi connectivity index (χ3v) is 4.36. The highest BCUT2D eigenvalue weighted by atomic mass is 16.4. The summed E-state index contributed by atoms with van der Waals surface area (Å²) in [6.45, 7) is 4.19. The van der Waals surface area contributed by atoms with Crippen molar-refractivity contribution in [2.24, 2.45) is 0 Å². The van der Waals surface area contributed by atoms with Crippen LogP contribution in [0.5, 0.6) is 0 Å². The predicted octanol–water partition coefficient (Wildman–Crippen LogP) is 5.19. The van der Waals surface area contributed by atoms with Crippen LogP contribution in [0.1, 0.15) is 47.3 Å². The predicted molar refractivity (Wildman–Crippen MR) is 101 cm³/mol. The maximum atomic E-state index is 11.0. The number of aromatic nitrogens is 1. The molecule has 0 aliphatic rings. The Bertz CT molecular complexity index is 888. The average Bonchev–Trinajstić information content (AvgIpc) is 2.62. The van der Waals surface area contributed by atoms with Gasteiger partial charge in [-0.15, -0.1) is 0 Å². The first kappa shape index (κ1) is 17.0. The van der Waals surface area contributed by atoms with E-state index in [1.165, 1.54) is 0 Å². The van der Waals surface area contributed by atoms with E-state index in [-0.39, 0.29) is 6.04 Å². The molecule has 0 saturated carbocycles. The number of pyridine rings is 1. The first-order valence-corrected chi connectivity index (χ1v) is 8.54. The van der Waals surface area contributed by atoms with Gasteiger partial charge in [0.2, 0.25) is 0 Å². The quantitative estimate of drug-likeness (QED) is 0.651. The molecule has 2 aromatic carbocycles. The van der Waals surface area contributed by atoms with Crippen LogP contribution < -0.4 is 5.32 Å². The minimum atomic E-state index is -0.904. The number of carbonyl (C=O) groups is 1. The smallest absolute Gasteiger partial charge is 0.335 e. The fourth-order valence-electron chi connectivity index (χ4n) is 3.00. The van der Waals surface area contributed by atoms with Gasteiger partial charge in [0.25, 0.3) is 0 Å². The van der Waals surface area contributed by atoms with E-state index < -0.39 is 5.97 Å². The van der Waals surface area contributed by atoms with E-state index in [0.29, 0.717) is 5.56 Å². The van der Waals surface area contributed by atoms with Crippen molar-refractivity contribution >= 4 is 22.7 Å². The molecular weight excluding hydrogens is 312 g/mol. The first-order valence-electron chi connectivity index (χ1n) is 8.54. The summed E-state index contributed by atoms with van der Waals surface area (Å²) in [4.78, 5) is 15.8. The number of para-hydroxylation sites is 1. The minimum Gasteiger partial charge on any atom is -0.478 e. The highest BCUT2D eigenvalue weighted by Gasteiger charge is 2.14. The Morgan fingerprint density at radius 3 is 2.56 bits per heavy atom. The molecule has 4 nitrogen and oxygen atoms in total. The monoisotopic (exact) mass is 334 g/mol. The van der Waals surface area contributed by atoms with Crippen molar-refractivity contribution in [3.63, 3.8) is 0 Å². The van der Waals surface area contributed by atoms with Crippen LogP contribution in [-0.4, -0.2) is 16.1 Å². The molecule has 0 bridgehead atoms. The largest absolute Gasteiger partial charge is 0.478 e. The lowest BCUT2D eigenvalue weighted by Crippen LogP contribution is -2.13. The van der Waals surface area contributed by atoms with Crippen LogP contribution in [0.4, 0.5) is 5.82 Å². The fraction of sp³-hybridized carbons (Fsp3) is 0.238. The average molecular weight is 334 g/mol. The van der Waals surface area contributed by atoms with Gasteiger partial charge in [-0.25, -0.2) is 9.78 Å². The lowest BCUT2D eigenvalue weighted by atomic mass is 10.0. The third kappa shape index (κ3) is 3.79. The third-order valence-electron chi connectivity index (χ3n) is 4.36. The number of anilines is 1. The standard InChI is InChI=1S/C21H22N2O2/c1-3-6-18(15-9-11-16(12-10-15)21(24)25)22-20-14(2)13-17-7-4-5-8-19(17)23-20/h4-5,7-13,18H,3,6H2,1-2H3,(H,22,23)(H,24,25). The van der Waals surface area contributed by atoms with Crippen molar-refractivity contribution in [3.05, 3.63) is 71.3 Å². The summed E-state index contributed by atoms with van der Waals surface area (Å²) in [7, 11) is 0. The van der Waals surface area contributed by atoms with Crippen LogP contribution in [0.3, 0.4) is 0 Å². The molecular formula is C21H22N2O2. The molecule has 0 radical (unpaired) electrons. The Morgan fingerprint density at radius 1 is 1.16 bits per heavy atom. The van der Waals surface area contributed by atoms with Gasteiger partial charge in [-0.2, -0.15) is 0 Å². The highest BCUT2D eigenvalue weighted by Crippen LogP contribution is 2.27. The zero-order chi connectivity index (χ0) is 17.8. The topological polar surface area (TPSA) is 62.2 Å². The Balaban J connectivity index is 1.91. The normalized spacial score (nSPS) is 12.1. The number of aryl methyl sites for hydroxylation is 1. The van der Waals surface area contributed by atoms with Crippen LogP contribution >= 0.6 is 0 Å². The number of benzene rings is 2. The molecule has 3 aromatic rings. The second-order valence-corrected chi connectivity index (χ2v) is 6.26. The SMILES string of the molecule is CCCC(Nc1nc2ccccc2cc1C)c1ccc(C(=O)O)cc1. The van der Waals surface area contributed by atoms with Gasteiger partial charge in [-0.05, 0) is 48.7 Å². The lowest BCUT2D eigenvalue weighted by Gasteiger charge is -2.21. The summed E-state index contributed by atoms with van der Waals surface area (Å²) in [6.07, 6.45) is 1.96. The van der Waals surface area contributed by atoms with Crippen molar-refractivity contribution < 1.29 is 9.90 Å². The Hall–Kier alpha value is -2.88. The van der Waals surface area contributed by atoms with Crippen molar-refractivity contribution in [2.45, 2.75) is 32.7 Å². The second-order valence-electron chi connectivity index (χ2n) is 6.26. The van der Waals surface area contributed by atoms with Crippen LogP contribution in [0.2, 0.25) is 0 Å². The number of rotatable bonds is 6. The van der Waals surface area contributed by atoms with E-state index in [1.807, 2.05) is 30.3 Å². The van der Waals surface area contributed by atoms with Gasteiger partial charge in [-0.3, -0.25) is 0 Å². The van der Waals surface area contributed by atoms with E-state index >= 15 is 0 Å². The van der Waals surface area contributed by atoms with E-state index in [4.69, 9.17) is 10.1 Å². The van der Waals surface area contributed by atoms with Crippen LogP contribution in [0.25, 0.3) is 10.9 Å². The molecule has 1 atom stereocenters. The molecule has 0 fully saturated rings. The van der Waals surface area contributed by atoms with Gasteiger partial charge in [-0.1, -0.05) is 43.7 Å². The maximum Gasteiger partial charge on any atom is 0.335 e. The van der Waals surface area contributed by atoms with Gasteiger partial charge >= 0.3 is 5.97 Å². The molecule has 0 aliphatic heterocycles. The van der Waals surface area contributed by atoms with E-state index in [9.17, 15) is 4.79 Å². The van der Waals surface area contributed by atoms with E-state index in [2.05, 4.69) is 31.3 Å². The summed E-state index contributed by atoms with van der Waals surface area (Å²) in [6, 6.07) is 17.4. The zero-order valence-electron chi connectivity index (χ0n) is 14.5. The Labute approximate surface area is 147 Å². The van der Waals surface area contributed by atoms with Crippen LogP contribution in [0, 0.1) is 6.92 Å². The number of hydrogen-bond donors (Lipinski definition) is 2. The fourth-order valence-corrected chi connectivity index (χ4v) is 3.00. The number of nitrogens with one attached hydrogen (secondary N) is 1. The van der Waals surface area contributed by atoms with Crippen molar-refractivity contribution in [1.29, 1.82) is 0 Å². The van der Waals surface area contributed by atoms with Crippen LogP contribution in [0.15, 0.2) is 54.6 Å². The van der Waals surface area contributed by atoms with Gasteiger partial charge in [0.05, 0.1) is 17.1 Å². The molecule has 2 N–H and O–H groups in total. The summed E-state index contributed by atoms with van der Waals surface area (Å²) < 4.78 is 0. The molecule has 3 rings (SSSR count). The van der Waals surface area contributed by atoms with Crippen molar-refractivity contribution in [1.82, 2.24) is 4.98 Å². The van der Waals surface area contributed by atoms with Crippen molar-refractivity contribution in [3.8, 4) is 0 Å². The molecule has 0 spiro atoms. The molecule has 1 unspecified atom stereocenters. The van der Waals surface area contributed by atoms with Crippen LogP contribution in [-0.2, 0) is 0 Å². The molecule has 1 aromatic heterocycles. The lowest BCUT2D eigenvalue weighted by molar-refractivity contribution is 0.0697. The molecule has 1 heterocycles. The molecule has 0 amide bonds. The summed E-state index contributed by atoms with van der Waals surface area (Å²) in [5.41, 5.74) is 3.44. The Morgan fingerprint density at radius 2 is 1.88 bits per heavy atom. The van der Waals surface area contributed by atoms with Gasteiger partial charge in [0.15, 0.2) is 0 Å². The molecule has 128 valence electrons. The molecule has 25 heavy (non-hydrogen) atoms. The molecule has 0 aliphatic carbocycles. The van der Waals surface area contributed by atoms with Gasteiger partial charge in [0, 0.05) is 5.39 Å². The number of nitrogens with zero attached hydrogens (tertiary/aromatic N) is 1. The summed E-state index contributed by atoms with van der Waals surface area (Å²) >= 11 is 0. The van der Waals surface area contributed by atoms with Gasteiger partial charge in [0.1, 0.15) is 5.82 Å².